The lowest BCUT2D eigenvalue weighted by molar-refractivity contribution is 0.102. The van der Waals surface area contributed by atoms with Gasteiger partial charge in [0.25, 0.3) is 5.91 Å². The van der Waals surface area contributed by atoms with Crippen molar-refractivity contribution in [3.05, 3.63) is 60.0 Å². The molecule has 28 heavy (non-hydrogen) atoms. The predicted octanol–water partition coefficient (Wildman–Crippen LogP) is 3.45. The highest BCUT2D eigenvalue weighted by Gasteiger charge is 2.13. The van der Waals surface area contributed by atoms with Crippen molar-refractivity contribution in [2.45, 2.75) is 20.3 Å². The van der Waals surface area contributed by atoms with Crippen LogP contribution in [-0.2, 0) is 10.0 Å². The number of nitrogens with one attached hydrogen (secondary N) is 2. The van der Waals surface area contributed by atoms with Crippen molar-refractivity contribution in [1.29, 1.82) is 0 Å². The Balaban J connectivity index is 1.80. The van der Waals surface area contributed by atoms with Crippen LogP contribution in [0.25, 0.3) is 11.5 Å². The third-order valence-electron chi connectivity index (χ3n) is 3.96. The molecule has 3 rings (SSSR count). The molecule has 0 spiro atoms. The van der Waals surface area contributed by atoms with Gasteiger partial charge in [0.2, 0.25) is 22.3 Å². The minimum absolute atomic E-state index is 0.0189. The van der Waals surface area contributed by atoms with Gasteiger partial charge in [-0.15, -0.1) is 10.2 Å². The number of aryl methyl sites for hydroxylation is 1. The van der Waals surface area contributed by atoms with Gasteiger partial charge < -0.3 is 9.73 Å². The molecule has 0 aliphatic carbocycles. The average molecular weight is 400 g/mol. The van der Waals surface area contributed by atoms with Gasteiger partial charge in [0.05, 0.1) is 5.75 Å². The largest absolute Gasteiger partial charge is 0.423 e. The van der Waals surface area contributed by atoms with Gasteiger partial charge in [0, 0.05) is 22.5 Å². The van der Waals surface area contributed by atoms with Crippen molar-refractivity contribution in [2.75, 3.05) is 15.8 Å². The van der Waals surface area contributed by atoms with Gasteiger partial charge in [-0.05, 0) is 49.2 Å². The number of aromatic nitrogens is 2. The molecule has 0 radical (unpaired) electrons. The molecule has 1 aromatic heterocycles. The summed E-state index contributed by atoms with van der Waals surface area (Å²) in [6, 6.07) is 11.7. The zero-order valence-electron chi connectivity index (χ0n) is 15.5. The summed E-state index contributed by atoms with van der Waals surface area (Å²) in [5.41, 5.74) is 2.81. The SMILES string of the molecule is CCCS(=O)(=O)Nc1cccc(C(=O)Nc2cc(-c3nnco3)ccc2C)c1. The molecule has 0 saturated heterocycles. The summed E-state index contributed by atoms with van der Waals surface area (Å²) in [6.07, 6.45) is 1.74. The lowest BCUT2D eigenvalue weighted by atomic mass is 10.1. The maximum atomic E-state index is 12.7. The topological polar surface area (TPSA) is 114 Å². The van der Waals surface area contributed by atoms with Crippen LogP contribution < -0.4 is 10.0 Å². The highest BCUT2D eigenvalue weighted by atomic mass is 32.2. The van der Waals surface area contributed by atoms with Crippen LogP contribution in [0.1, 0.15) is 29.3 Å². The summed E-state index contributed by atoms with van der Waals surface area (Å²) in [5.74, 6) is 0.00981. The van der Waals surface area contributed by atoms with Crippen LogP contribution >= 0.6 is 0 Å². The van der Waals surface area contributed by atoms with Crippen LogP contribution in [0.2, 0.25) is 0 Å². The Labute approximate surface area is 163 Å². The number of hydrogen-bond donors (Lipinski definition) is 2. The van der Waals surface area contributed by atoms with E-state index in [4.69, 9.17) is 4.42 Å². The molecular formula is C19H20N4O4S. The number of sulfonamides is 1. The molecule has 3 aromatic rings. The standard InChI is InChI=1S/C19H20N4O4S/c1-3-9-28(25,26)23-16-6-4-5-14(10-16)18(24)21-17-11-15(8-7-13(17)2)19-22-20-12-27-19/h4-8,10-12,23H,3,9H2,1-2H3,(H,21,24). The quantitative estimate of drug-likeness (QED) is 0.628. The Morgan fingerprint density at radius 1 is 1.18 bits per heavy atom. The molecule has 0 saturated carbocycles. The molecule has 146 valence electrons. The van der Waals surface area contributed by atoms with E-state index in [1.54, 1.807) is 31.2 Å². The Hall–Kier alpha value is -3.20. The maximum Gasteiger partial charge on any atom is 0.255 e. The van der Waals surface area contributed by atoms with Crippen molar-refractivity contribution >= 4 is 27.3 Å². The second-order valence-electron chi connectivity index (χ2n) is 6.23. The fourth-order valence-corrected chi connectivity index (χ4v) is 3.73. The van der Waals surface area contributed by atoms with Crippen LogP contribution in [-0.4, -0.2) is 30.3 Å². The van der Waals surface area contributed by atoms with Crippen molar-refractivity contribution in [1.82, 2.24) is 10.2 Å². The fraction of sp³-hybridized carbons (Fsp3) is 0.211. The number of amides is 1. The van der Waals surface area contributed by atoms with Crippen LogP contribution in [0.4, 0.5) is 11.4 Å². The molecule has 0 aliphatic heterocycles. The van der Waals surface area contributed by atoms with Crippen LogP contribution in [0, 0.1) is 6.92 Å². The molecular weight excluding hydrogens is 380 g/mol. The first-order valence-corrected chi connectivity index (χ1v) is 10.3. The molecule has 1 amide bonds. The molecule has 2 aromatic carbocycles. The minimum Gasteiger partial charge on any atom is -0.423 e. The van der Waals surface area contributed by atoms with E-state index >= 15 is 0 Å². The summed E-state index contributed by atoms with van der Waals surface area (Å²) in [4.78, 5) is 12.7. The Morgan fingerprint density at radius 3 is 2.71 bits per heavy atom. The van der Waals surface area contributed by atoms with E-state index in [-0.39, 0.29) is 11.7 Å². The highest BCUT2D eigenvalue weighted by molar-refractivity contribution is 7.92. The van der Waals surface area contributed by atoms with Gasteiger partial charge in [-0.3, -0.25) is 9.52 Å². The second-order valence-corrected chi connectivity index (χ2v) is 8.07. The Morgan fingerprint density at radius 2 is 2.00 bits per heavy atom. The van der Waals surface area contributed by atoms with Crippen molar-refractivity contribution in [3.8, 4) is 11.5 Å². The predicted molar refractivity (Wildman–Crippen MR) is 107 cm³/mol. The molecule has 9 heteroatoms. The van der Waals surface area contributed by atoms with Gasteiger partial charge in [-0.25, -0.2) is 8.42 Å². The first kappa shape index (κ1) is 19.6. The molecule has 2 N–H and O–H groups in total. The molecule has 1 heterocycles. The van der Waals surface area contributed by atoms with Crippen molar-refractivity contribution < 1.29 is 17.6 Å². The number of hydrogen-bond acceptors (Lipinski definition) is 6. The minimum atomic E-state index is -3.43. The first-order valence-electron chi connectivity index (χ1n) is 8.67. The summed E-state index contributed by atoms with van der Waals surface area (Å²) < 4.78 is 31.5. The van der Waals surface area contributed by atoms with E-state index in [0.29, 0.717) is 34.8 Å². The fourth-order valence-electron chi connectivity index (χ4n) is 2.61. The second kappa shape index (κ2) is 8.22. The van der Waals surface area contributed by atoms with Crippen LogP contribution in [0.5, 0.6) is 0 Å². The van der Waals surface area contributed by atoms with E-state index in [9.17, 15) is 13.2 Å². The molecule has 0 unspecified atom stereocenters. The Bertz CT molecular complexity index is 1080. The van der Waals surface area contributed by atoms with Crippen LogP contribution in [0.15, 0.2) is 53.3 Å². The number of nitrogens with zero attached hydrogens (tertiary/aromatic N) is 2. The van der Waals surface area contributed by atoms with Gasteiger partial charge >= 0.3 is 0 Å². The van der Waals surface area contributed by atoms with E-state index in [0.717, 1.165) is 5.56 Å². The molecule has 0 bridgehead atoms. The van der Waals surface area contributed by atoms with Gasteiger partial charge in [-0.2, -0.15) is 0 Å². The van der Waals surface area contributed by atoms with E-state index < -0.39 is 10.0 Å². The van der Waals surface area contributed by atoms with Gasteiger partial charge in [0.1, 0.15) is 0 Å². The molecule has 0 atom stereocenters. The number of carbonyl (C=O) groups is 1. The highest BCUT2D eigenvalue weighted by Crippen LogP contribution is 2.24. The van der Waals surface area contributed by atoms with Crippen molar-refractivity contribution in [2.24, 2.45) is 0 Å². The summed E-state index contributed by atoms with van der Waals surface area (Å²) in [5, 5.41) is 10.3. The summed E-state index contributed by atoms with van der Waals surface area (Å²) >= 11 is 0. The monoisotopic (exact) mass is 400 g/mol. The normalized spacial score (nSPS) is 11.2. The summed E-state index contributed by atoms with van der Waals surface area (Å²) in [6.45, 7) is 3.65. The first-order chi connectivity index (χ1) is 13.4. The van der Waals surface area contributed by atoms with E-state index in [1.807, 2.05) is 19.1 Å². The third-order valence-corrected chi connectivity index (χ3v) is 5.46. The maximum absolute atomic E-state index is 12.7. The third kappa shape index (κ3) is 4.74. The molecule has 0 aliphatic rings. The zero-order valence-corrected chi connectivity index (χ0v) is 16.3. The van der Waals surface area contributed by atoms with Crippen molar-refractivity contribution in [3.63, 3.8) is 0 Å². The van der Waals surface area contributed by atoms with E-state index in [2.05, 4.69) is 20.2 Å². The number of benzene rings is 2. The smallest absolute Gasteiger partial charge is 0.255 e. The van der Waals surface area contributed by atoms with Gasteiger partial charge in [0.15, 0.2) is 0 Å². The zero-order chi connectivity index (χ0) is 20.1. The number of anilines is 2. The lowest BCUT2D eigenvalue weighted by Crippen LogP contribution is -2.17. The van der Waals surface area contributed by atoms with Gasteiger partial charge in [-0.1, -0.05) is 19.1 Å². The number of rotatable bonds is 7. The molecule has 8 nitrogen and oxygen atoms in total. The average Bonchev–Trinajstić information content (AvgIpc) is 3.18. The number of carbonyl (C=O) groups excluding carboxylic acids is 1. The molecule has 0 fully saturated rings. The van der Waals surface area contributed by atoms with E-state index in [1.165, 1.54) is 12.5 Å². The Kier molecular flexibility index (Phi) is 5.74. The lowest BCUT2D eigenvalue weighted by Gasteiger charge is -2.11. The van der Waals surface area contributed by atoms with Crippen LogP contribution in [0.3, 0.4) is 0 Å². The summed E-state index contributed by atoms with van der Waals surface area (Å²) in [7, 11) is -3.43.